The zero-order chi connectivity index (χ0) is 14.9. The minimum absolute atomic E-state index is 0.0542. The van der Waals surface area contributed by atoms with Crippen molar-refractivity contribution in [3.63, 3.8) is 0 Å². The summed E-state index contributed by atoms with van der Waals surface area (Å²) in [6.45, 7) is 2.84. The van der Waals surface area contributed by atoms with Gasteiger partial charge in [0, 0.05) is 38.1 Å². The molecule has 1 aliphatic carbocycles. The van der Waals surface area contributed by atoms with Crippen LogP contribution in [0.1, 0.15) is 36.2 Å². The number of ether oxygens (including phenoxy) is 1. The second-order valence-electron chi connectivity index (χ2n) is 6.61. The number of carbonyl (C=O) groups is 1. The van der Waals surface area contributed by atoms with Crippen molar-refractivity contribution in [1.29, 1.82) is 0 Å². The molecule has 3 aliphatic rings. The van der Waals surface area contributed by atoms with E-state index in [4.69, 9.17) is 4.74 Å². The molecule has 3 heterocycles. The van der Waals surface area contributed by atoms with Crippen LogP contribution in [-0.4, -0.2) is 58.7 Å². The van der Waals surface area contributed by atoms with Crippen LogP contribution in [0.4, 0.5) is 0 Å². The van der Waals surface area contributed by atoms with Gasteiger partial charge in [-0.3, -0.25) is 14.7 Å². The van der Waals surface area contributed by atoms with Crippen LogP contribution >= 0.6 is 0 Å². The molecule has 0 bridgehead atoms. The van der Waals surface area contributed by atoms with E-state index in [1.807, 2.05) is 0 Å². The Morgan fingerprint density at radius 2 is 2.27 bits per heavy atom. The molecule has 0 aromatic carbocycles. The highest BCUT2D eigenvalue weighted by atomic mass is 16.5. The molecule has 1 saturated carbocycles. The lowest BCUT2D eigenvalue weighted by Crippen LogP contribution is -2.47. The lowest BCUT2D eigenvalue weighted by Gasteiger charge is -2.32. The van der Waals surface area contributed by atoms with Gasteiger partial charge in [0.05, 0.1) is 18.3 Å². The number of amides is 1. The maximum atomic E-state index is 12.3. The monoisotopic (exact) mass is 302 g/mol. The Balaban J connectivity index is 1.45. The van der Waals surface area contributed by atoms with Crippen LogP contribution in [0, 0.1) is 5.92 Å². The number of hydrogen-bond acceptors (Lipinski definition) is 5. The molecule has 22 heavy (non-hydrogen) atoms. The SMILES string of the molecule is O=C(N[C@@H]1CN(CC2CC2)[C@@H]2CCCO[C@@H]21)c1cnccn1. The highest BCUT2D eigenvalue weighted by Crippen LogP contribution is 2.35. The van der Waals surface area contributed by atoms with E-state index in [9.17, 15) is 4.79 Å². The van der Waals surface area contributed by atoms with E-state index in [1.165, 1.54) is 25.5 Å². The highest BCUT2D eigenvalue weighted by Gasteiger charge is 2.45. The number of fused-ring (bicyclic) bond motifs is 1. The molecule has 1 aromatic heterocycles. The predicted molar refractivity (Wildman–Crippen MR) is 80.3 cm³/mol. The van der Waals surface area contributed by atoms with Gasteiger partial charge in [0.1, 0.15) is 5.69 Å². The van der Waals surface area contributed by atoms with Crippen molar-refractivity contribution in [1.82, 2.24) is 20.2 Å². The van der Waals surface area contributed by atoms with Crippen LogP contribution in [0.25, 0.3) is 0 Å². The zero-order valence-corrected chi connectivity index (χ0v) is 12.6. The summed E-state index contributed by atoms with van der Waals surface area (Å²) in [5.41, 5.74) is 0.371. The summed E-state index contributed by atoms with van der Waals surface area (Å²) in [7, 11) is 0. The number of nitrogens with one attached hydrogen (secondary N) is 1. The largest absolute Gasteiger partial charge is 0.374 e. The first kappa shape index (κ1) is 14.1. The maximum absolute atomic E-state index is 12.3. The van der Waals surface area contributed by atoms with Crippen molar-refractivity contribution < 1.29 is 9.53 Å². The average Bonchev–Trinajstić information content (AvgIpc) is 3.32. The molecule has 1 aromatic rings. The topological polar surface area (TPSA) is 67.4 Å². The van der Waals surface area contributed by atoms with E-state index < -0.39 is 0 Å². The Labute approximate surface area is 130 Å². The van der Waals surface area contributed by atoms with Crippen LogP contribution in [0.3, 0.4) is 0 Å². The average molecular weight is 302 g/mol. The first-order valence-corrected chi connectivity index (χ1v) is 8.24. The molecule has 6 heteroatoms. The quantitative estimate of drug-likeness (QED) is 0.893. The molecule has 1 amide bonds. The summed E-state index contributed by atoms with van der Waals surface area (Å²) in [6.07, 6.45) is 9.74. The van der Waals surface area contributed by atoms with Gasteiger partial charge in [0.25, 0.3) is 5.91 Å². The summed E-state index contributed by atoms with van der Waals surface area (Å²) in [4.78, 5) is 22.9. The normalized spacial score (nSPS) is 31.7. The van der Waals surface area contributed by atoms with Crippen LogP contribution in [0.15, 0.2) is 18.6 Å². The van der Waals surface area contributed by atoms with E-state index in [1.54, 1.807) is 12.4 Å². The Hall–Kier alpha value is -1.53. The van der Waals surface area contributed by atoms with Gasteiger partial charge in [-0.15, -0.1) is 0 Å². The first-order chi connectivity index (χ1) is 10.8. The molecular formula is C16H22N4O2. The van der Waals surface area contributed by atoms with Crippen LogP contribution in [0.5, 0.6) is 0 Å². The molecule has 3 atom stereocenters. The van der Waals surface area contributed by atoms with Crippen molar-refractivity contribution in [2.45, 2.75) is 43.9 Å². The van der Waals surface area contributed by atoms with Crippen molar-refractivity contribution >= 4 is 5.91 Å². The van der Waals surface area contributed by atoms with E-state index >= 15 is 0 Å². The molecule has 6 nitrogen and oxygen atoms in total. The van der Waals surface area contributed by atoms with Gasteiger partial charge in [-0.1, -0.05) is 0 Å². The number of likely N-dealkylation sites (tertiary alicyclic amines) is 1. The zero-order valence-electron chi connectivity index (χ0n) is 12.6. The molecule has 0 unspecified atom stereocenters. The minimum Gasteiger partial charge on any atom is -0.374 e. The second kappa shape index (κ2) is 5.93. The molecule has 4 rings (SSSR count). The molecule has 1 N–H and O–H groups in total. The fourth-order valence-corrected chi connectivity index (χ4v) is 3.68. The smallest absolute Gasteiger partial charge is 0.271 e. The lowest BCUT2D eigenvalue weighted by molar-refractivity contribution is -0.0205. The Bertz CT molecular complexity index is 534. The Kier molecular flexibility index (Phi) is 3.80. The molecule has 118 valence electrons. The summed E-state index contributed by atoms with van der Waals surface area (Å²) in [6, 6.07) is 0.514. The van der Waals surface area contributed by atoms with Gasteiger partial charge in [-0.2, -0.15) is 0 Å². The van der Waals surface area contributed by atoms with Gasteiger partial charge >= 0.3 is 0 Å². The fraction of sp³-hybridized carbons (Fsp3) is 0.688. The molecular weight excluding hydrogens is 280 g/mol. The summed E-state index contributed by atoms with van der Waals surface area (Å²) >= 11 is 0. The fourth-order valence-electron chi connectivity index (χ4n) is 3.68. The standard InChI is InChI=1S/C16H22N4O2/c21-16(12-8-17-5-6-18-12)19-13-10-20(9-11-3-4-11)14-2-1-7-22-15(13)14/h5-6,8,11,13-15H,1-4,7,9-10H2,(H,19,21)/t13-,14-,15-/m1/s1. The number of hydrogen-bond donors (Lipinski definition) is 1. The van der Waals surface area contributed by atoms with Crippen molar-refractivity contribution in [3.05, 3.63) is 24.3 Å². The van der Waals surface area contributed by atoms with Gasteiger partial charge in [-0.05, 0) is 31.6 Å². The van der Waals surface area contributed by atoms with E-state index in [0.29, 0.717) is 11.7 Å². The van der Waals surface area contributed by atoms with Crippen molar-refractivity contribution in [2.24, 2.45) is 5.92 Å². The summed E-state index contributed by atoms with van der Waals surface area (Å²) < 4.78 is 5.99. The third-order valence-electron chi connectivity index (χ3n) is 4.93. The second-order valence-corrected chi connectivity index (χ2v) is 6.61. The third-order valence-corrected chi connectivity index (χ3v) is 4.93. The maximum Gasteiger partial charge on any atom is 0.271 e. The lowest BCUT2D eigenvalue weighted by atomic mass is 10.0. The number of rotatable bonds is 4. The van der Waals surface area contributed by atoms with Gasteiger partial charge in [0.2, 0.25) is 0 Å². The number of nitrogens with zero attached hydrogens (tertiary/aromatic N) is 3. The van der Waals surface area contributed by atoms with E-state index in [-0.39, 0.29) is 18.1 Å². The number of carbonyl (C=O) groups excluding carboxylic acids is 1. The van der Waals surface area contributed by atoms with Crippen LogP contribution in [0.2, 0.25) is 0 Å². The van der Waals surface area contributed by atoms with Gasteiger partial charge in [-0.25, -0.2) is 4.98 Å². The minimum atomic E-state index is -0.153. The van der Waals surface area contributed by atoms with E-state index in [2.05, 4.69) is 20.2 Å². The Morgan fingerprint density at radius 1 is 1.36 bits per heavy atom. The van der Waals surface area contributed by atoms with Crippen LogP contribution in [-0.2, 0) is 4.74 Å². The van der Waals surface area contributed by atoms with Crippen LogP contribution < -0.4 is 5.32 Å². The van der Waals surface area contributed by atoms with Gasteiger partial charge < -0.3 is 10.1 Å². The van der Waals surface area contributed by atoms with E-state index in [0.717, 1.165) is 32.0 Å². The molecule has 2 saturated heterocycles. The molecule has 0 spiro atoms. The molecule has 2 aliphatic heterocycles. The first-order valence-electron chi connectivity index (χ1n) is 8.24. The highest BCUT2D eigenvalue weighted by molar-refractivity contribution is 5.92. The molecule has 3 fully saturated rings. The van der Waals surface area contributed by atoms with Gasteiger partial charge in [0.15, 0.2) is 0 Å². The summed E-state index contributed by atoms with van der Waals surface area (Å²) in [5, 5.41) is 3.11. The van der Waals surface area contributed by atoms with Crippen molar-refractivity contribution in [2.75, 3.05) is 19.7 Å². The summed E-state index contributed by atoms with van der Waals surface area (Å²) in [5.74, 6) is 0.705. The Morgan fingerprint density at radius 3 is 3.05 bits per heavy atom. The van der Waals surface area contributed by atoms with Crippen molar-refractivity contribution in [3.8, 4) is 0 Å². The number of aromatic nitrogens is 2. The predicted octanol–water partition coefficient (Wildman–Crippen LogP) is 0.848. The molecule has 0 radical (unpaired) electrons. The third kappa shape index (κ3) is 2.85.